The maximum absolute atomic E-state index is 0. The van der Waals surface area contributed by atoms with Crippen LogP contribution in [0.4, 0.5) is 0 Å². The molecule has 0 rings (SSSR count). The third-order valence-electron chi connectivity index (χ3n) is 0. The molecule has 0 amide bonds. The molecule has 0 saturated heterocycles. The predicted molar refractivity (Wildman–Crippen MR) is 5.75 cm³/mol. The second kappa shape index (κ2) is 19.1. The predicted octanol–water partition coefficient (Wildman–Crippen LogP) is -0.388. The first-order valence-electron chi connectivity index (χ1n) is 0. The van der Waals surface area contributed by atoms with Crippen LogP contribution in [0.5, 0.6) is 0 Å². The fourth-order valence-electron chi connectivity index (χ4n) is 0. The van der Waals surface area contributed by atoms with Crippen LogP contribution < -0.4 is 0 Å². The molecule has 0 aromatic carbocycles. The van der Waals surface area contributed by atoms with Crippen molar-refractivity contribution in [3.63, 3.8) is 0 Å². The Morgan fingerprint density at radius 2 is 0.750 bits per heavy atom. The van der Waals surface area contributed by atoms with Crippen LogP contribution in [0.15, 0.2) is 0 Å². The molecule has 0 aliphatic rings. The van der Waals surface area contributed by atoms with Crippen LogP contribution in [0.25, 0.3) is 0 Å². The molecule has 0 atom stereocenters. The zero-order valence-corrected chi connectivity index (χ0v) is 7.08. The Morgan fingerprint density at radius 3 is 0.750 bits per heavy atom. The van der Waals surface area contributed by atoms with Crippen molar-refractivity contribution in [1.29, 1.82) is 0 Å². The Balaban J connectivity index is 0. The van der Waals surface area contributed by atoms with Gasteiger partial charge in [0.2, 0.25) is 0 Å². The van der Waals surface area contributed by atoms with Gasteiger partial charge in [0.05, 0.1) is 0 Å². The number of hydrogen-bond acceptors (Lipinski definition) is 0. The van der Waals surface area contributed by atoms with Crippen LogP contribution in [0.1, 0.15) is 0 Å². The van der Waals surface area contributed by atoms with E-state index in [-0.39, 0.29) is 71.5 Å². The smallest absolute Gasteiger partial charge is 0 e. The van der Waals surface area contributed by atoms with Crippen molar-refractivity contribution in [3.8, 4) is 0 Å². The van der Waals surface area contributed by atoms with E-state index < -0.39 is 0 Å². The third-order valence-corrected chi connectivity index (χ3v) is 0. The van der Waals surface area contributed by atoms with Gasteiger partial charge >= 0.3 is 0 Å². The second-order valence-electron chi connectivity index (χ2n) is 0. The van der Waals surface area contributed by atoms with Crippen LogP contribution in [0.2, 0.25) is 0 Å². The van der Waals surface area contributed by atoms with E-state index in [4.69, 9.17) is 0 Å². The third kappa shape index (κ3) is 8.90. The largest absolute Gasteiger partial charge is 0 e. The number of rotatable bonds is 0. The Hall–Kier alpha value is 2.16. The molecule has 0 aromatic rings. The van der Waals surface area contributed by atoms with E-state index >= 15 is 0 Å². The minimum absolute atomic E-state index is 0. The normalized spacial score (nSPS) is 0. The summed E-state index contributed by atoms with van der Waals surface area (Å²) >= 11 is 0. The maximum atomic E-state index is 0. The van der Waals surface area contributed by atoms with Gasteiger partial charge in [-0.3, -0.25) is 0 Å². The molecule has 0 spiro atoms. The second-order valence-corrected chi connectivity index (χ2v) is 0. The first-order valence-corrected chi connectivity index (χ1v) is 0. The molecule has 0 saturated carbocycles. The zero-order valence-electron chi connectivity index (χ0n) is 1.85. The van der Waals surface area contributed by atoms with Crippen LogP contribution in [-0.4, -0.2) is 11.0 Å². The van der Waals surface area contributed by atoms with Gasteiger partial charge in [-0.1, -0.05) is 0 Å². The van der Waals surface area contributed by atoms with E-state index in [1.807, 2.05) is 0 Å². The molecule has 0 aromatic heterocycles. The summed E-state index contributed by atoms with van der Waals surface area (Å²) in [6.07, 6.45) is 0. The van der Waals surface area contributed by atoms with Crippen molar-refractivity contribution in [2.45, 2.75) is 0 Å². The van der Waals surface area contributed by atoms with Crippen molar-refractivity contribution in [3.05, 3.63) is 0 Å². The minimum Gasteiger partial charge on any atom is 0 e. The van der Waals surface area contributed by atoms with E-state index in [0.29, 0.717) is 0 Å². The molecule has 4 radical (unpaired) electrons. The van der Waals surface area contributed by atoms with Crippen molar-refractivity contribution in [2.24, 2.45) is 0 Å². The summed E-state index contributed by atoms with van der Waals surface area (Å²) in [5.41, 5.74) is 0. The summed E-state index contributed by atoms with van der Waals surface area (Å²) in [5, 5.41) is 0. The van der Waals surface area contributed by atoms with Gasteiger partial charge in [-0.2, -0.15) is 0 Å². The van der Waals surface area contributed by atoms with Gasteiger partial charge in [0.25, 0.3) is 0 Å². The topological polar surface area (TPSA) is 0 Å². The molecular formula is FeSiTi2. The standard InChI is InChI=1S/Fe.Si.2Ti. The van der Waals surface area contributed by atoms with Gasteiger partial charge in [0.1, 0.15) is 0 Å². The molecule has 20 valence electrons. The van der Waals surface area contributed by atoms with E-state index in [0.717, 1.165) is 0 Å². The zero-order chi connectivity index (χ0) is 0. The average molecular weight is 180 g/mol. The molecule has 4 heavy (non-hydrogen) atoms. The summed E-state index contributed by atoms with van der Waals surface area (Å²) in [7, 11) is 0. The van der Waals surface area contributed by atoms with Crippen molar-refractivity contribution in [2.75, 3.05) is 0 Å². The molecule has 0 unspecified atom stereocenters. The SMILES string of the molecule is [Fe].[Si].[Ti].[Ti]. The molecule has 0 aliphatic carbocycles. The summed E-state index contributed by atoms with van der Waals surface area (Å²) in [6, 6.07) is 0. The van der Waals surface area contributed by atoms with Crippen LogP contribution in [0.3, 0.4) is 0 Å². The van der Waals surface area contributed by atoms with Crippen molar-refractivity contribution in [1.82, 2.24) is 0 Å². The van der Waals surface area contributed by atoms with E-state index in [1.165, 1.54) is 0 Å². The Labute approximate surface area is 70.7 Å². The minimum atomic E-state index is 0. The number of hydrogen-bond donors (Lipinski definition) is 0. The summed E-state index contributed by atoms with van der Waals surface area (Å²) in [6.45, 7) is 0. The van der Waals surface area contributed by atoms with Crippen LogP contribution in [-0.2, 0) is 60.5 Å². The van der Waals surface area contributed by atoms with Gasteiger partial charge in [0, 0.05) is 71.5 Å². The van der Waals surface area contributed by atoms with E-state index in [9.17, 15) is 0 Å². The van der Waals surface area contributed by atoms with Crippen LogP contribution >= 0.6 is 0 Å². The first kappa shape index (κ1) is 35.1. The van der Waals surface area contributed by atoms with Gasteiger partial charge in [-0.15, -0.1) is 0 Å². The molecule has 0 aliphatic heterocycles. The fraction of sp³-hybridized carbons (Fsp3) is 0. The van der Waals surface area contributed by atoms with Gasteiger partial charge in [-0.25, -0.2) is 0 Å². The Bertz CT molecular complexity index is 6.00. The van der Waals surface area contributed by atoms with Gasteiger partial charge in [-0.05, 0) is 0 Å². The monoisotopic (exact) mass is 180 g/mol. The molecular weight excluding hydrogens is 180 g/mol. The van der Waals surface area contributed by atoms with Gasteiger partial charge < -0.3 is 0 Å². The molecule has 0 N–H and O–H groups in total. The van der Waals surface area contributed by atoms with Crippen molar-refractivity contribution < 1.29 is 60.5 Å². The van der Waals surface area contributed by atoms with E-state index in [2.05, 4.69) is 0 Å². The summed E-state index contributed by atoms with van der Waals surface area (Å²) < 4.78 is 0. The maximum Gasteiger partial charge on any atom is 0 e. The molecule has 0 fully saturated rings. The fourth-order valence-corrected chi connectivity index (χ4v) is 0. The van der Waals surface area contributed by atoms with Crippen molar-refractivity contribution >= 4 is 11.0 Å². The van der Waals surface area contributed by atoms with E-state index in [1.54, 1.807) is 0 Å². The van der Waals surface area contributed by atoms with Crippen LogP contribution in [0, 0.1) is 0 Å². The molecule has 0 nitrogen and oxygen atoms in total. The molecule has 4 heteroatoms. The average Bonchev–Trinajstić information content (AvgIpc) is 0. The summed E-state index contributed by atoms with van der Waals surface area (Å²) in [5.74, 6) is 0. The summed E-state index contributed by atoms with van der Waals surface area (Å²) in [4.78, 5) is 0. The van der Waals surface area contributed by atoms with Gasteiger partial charge in [0.15, 0.2) is 0 Å². The quantitative estimate of drug-likeness (QED) is 0.445. The molecule has 0 heterocycles. The molecule has 0 bridgehead atoms. The Kier molecular flexibility index (Phi) is 168. The first-order chi connectivity index (χ1) is 0. The Morgan fingerprint density at radius 1 is 0.750 bits per heavy atom.